The maximum absolute atomic E-state index is 13.5. The van der Waals surface area contributed by atoms with Crippen molar-refractivity contribution < 1.29 is 23.1 Å². The van der Waals surface area contributed by atoms with Crippen molar-refractivity contribution in [1.29, 1.82) is 0 Å². The first-order valence-corrected chi connectivity index (χ1v) is 17.0. The second-order valence-electron chi connectivity index (χ2n) is 11.8. The number of nitrogens with two attached hydrogens (primary N) is 1. The number of anilines is 1. The molecule has 0 aliphatic heterocycles. The first-order chi connectivity index (χ1) is 22.1. The van der Waals surface area contributed by atoms with Gasteiger partial charge in [0, 0.05) is 49.2 Å². The van der Waals surface area contributed by atoms with Crippen molar-refractivity contribution in [2.24, 2.45) is 5.92 Å². The number of aliphatic hydroxyl groups excluding tert-OH is 1. The number of fused-ring (bicyclic) bond motifs is 1. The summed E-state index contributed by atoms with van der Waals surface area (Å²) in [6.07, 6.45) is 4.88. The first-order valence-electron chi connectivity index (χ1n) is 15.5. The van der Waals surface area contributed by atoms with Crippen molar-refractivity contribution in [2.75, 3.05) is 25.4 Å². The van der Waals surface area contributed by atoms with E-state index in [-0.39, 0.29) is 35.8 Å². The molecule has 0 spiro atoms. The standard InChI is InChI=1S/C35H43N5O5S/c1-25(2)23-40(46(44,45)32-14-12-30(36)13-15-32)31(24-41)9-5-6-18-38-35(43)33(39-34(42)28-16-19-37-20-17-28)22-26-10-11-27-7-3-4-8-29(27)21-26/h3-4,7-8,10-17,19-21,25,31,33,41H,5-6,9,18,22-24,36H2,1-2H3,(H,38,43)(H,39,42). The van der Waals surface area contributed by atoms with Crippen LogP contribution >= 0.6 is 0 Å². The van der Waals surface area contributed by atoms with Crippen molar-refractivity contribution in [3.8, 4) is 0 Å². The number of amides is 2. The van der Waals surface area contributed by atoms with E-state index in [1.807, 2.05) is 56.3 Å². The van der Waals surface area contributed by atoms with Gasteiger partial charge in [-0.1, -0.05) is 62.7 Å². The molecule has 1 aromatic heterocycles. The van der Waals surface area contributed by atoms with E-state index >= 15 is 0 Å². The third-order valence-electron chi connectivity index (χ3n) is 7.73. The first kappa shape index (κ1) is 34.6. The molecule has 11 heteroatoms. The second kappa shape index (κ2) is 16.3. The topological polar surface area (TPSA) is 155 Å². The minimum atomic E-state index is -3.87. The summed E-state index contributed by atoms with van der Waals surface area (Å²) in [4.78, 5) is 30.5. The molecule has 0 fully saturated rings. The number of carbonyl (C=O) groups excluding carboxylic acids is 2. The quantitative estimate of drug-likeness (QED) is 0.105. The molecule has 10 nitrogen and oxygen atoms in total. The van der Waals surface area contributed by atoms with Crippen LogP contribution in [-0.4, -0.2) is 66.4 Å². The van der Waals surface area contributed by atoms with Crippen LogP contribution in [0.5, 0.6) is 0 Å². The minimum Gasteiger partial charge on any atom is -0.399 e. The van der Waals surface area contributed by atoms with Gasteiger partial charge in [0.15, 0.2) is 0 Å². The van der Waals surface area contributed by atoms with E-state index in [4.69, 9.17) is 5.73 Å². The number of sulfonamides is 1. The third kappa shape index (κ3) is 9.35. The predicted octanol–water partition coefficient (Wildman–Crippen LogP) is 4.15. The zero-order valence-electron chi connectivity index (χ0n) is 26.3. The molecule has 0 saturated carbocycles. The van der Waals surface area contributed by atoms with E-state index in [9.17, 15) is 23.1 Å². The number of aromatic nitrogens is 1. The Morgan fingerprint density at radius 1 is 0.935 bits per heavy atom. The van der Waals surface area contributed by atoms with E-state index in [0.29, 0.717) is 43.5 Å². The highest BCUT2D eigenvalue weighted by atomic mass is 32.2. The largest absolute Gasteiger partial charge is 0.399 e. The fraction of sp³-hybridized carbons (Fsp3) is 0.343. The molecular formula is C35H43N5O5S. The van der Waals surface area contributed by atoms with Crippen LogP contribution in [0.1, 0.15) is 49.0 Å². The Hall–Kier alpha value is -4.32. The molecule has 4 aromatic rings. The van der Waals surface area contributed by atoms with Crippen LogP contribution in [0.4, 0.5) is 5.69 Å². The van der Waals surface area contributed by atoms with E-state index in [2.05, 4.69) is 15.6 Å². The number of benzene rings is 3. The number of hydrogen-bond acceptors (Lipinski definition) is 7. The summed E-state index contributed by atoms with van der Waals surface area (Å²) in [5.41, 5.74) is 7.53. The minimum absolute atomic E-state index is 0.0405. The Morgan fingerprint density at radius 2 is 1.63 bits per heavy atom. The molecule has 0 saturated heterocycles. The van der Waals surface area contributed by atoms with Gasteiger partial charge in [-0.15, -0.1) is 0 Å². The maximum Gasteiger partial charge on any atom is 0.252 e. The van der Waals surface area contributed by atoms with Gasteiger partial charge in [0.1, 0.15) is 6.04 Å². The average Bonchev–Trinajstić information content (AvgIpc) is 3.05. The number of nitrogens with zero attached hydrogens (tertiary/aromatic N) is 2. The molecule has 2 atom stereocenters. The summed E-state index contributed by atoms with van der Waals surface area (Å²) in [7, 11) is -3.87. The lowest BCUT2D eigenvalue weighted by Gasteiger charge is -2.31. The molecule has 0 radical (unpaired) electrons. The van der Waals surface area contributed by atoms with Crippen LogP contribution in [0.3, 0.4) is 0 Å². The van der Waals surface area contributed by atoms with Crippen LogP contribution < -0.4 is 16.4 Å². The SMILES string of the molecule is CC(C)CN(C(CO)CCCCNC(=O)C(Cc1ccc2ccccc2c1)NC(=O)c1ccncc1)S(=O)(=O)c1ccc(N)cc1. The summed E-state index contributed by atoms with van der Waals surface area (Å²) in [6, 6.07) is 21.7. The number of pyridine rings is 1. The lowest BCUT2D eigenvalue weighted by atomic mass is 10.0. The van der Waals surface area contributed by atoms with Gasteiger partial charge >= 0.3 is 0 Å². The maximum atomic E-state index is 13.5. The second-order valence-corrected chi connectivity index (χ2v) is 13.7. The Kier molecular flexibility index (Phi) is 12.2. The molecule has 0 aliphatic rings. The van der Waals surface area contributed by atoms with Gasteiger partial charge in [0.05, 0.1) is 11.5 Å². The van der Waals surface area contributed by atoms with Crippen LogP contribution in [0.15, 0.2) is 96.2 Å². The monoisotopic (exact) mass is 645 g/mol. The molecule has 244 valence electrons. The van der Waals surface area contributed by atoms with Gasteiger partial charge in [-0.3, -0.25) is 14.6 Å². The van der Waals surface area contributed by atoms with Crippen LogP contribution in [-0.2, 0) is 21.2 Å². The van der Waals surface area contributed by atoms with E-state index in [1.54, 1.807) is 24.3 Å². The number of aliphatic hydroxyl groups is 1. The molecule has 2 amide bonds. The Morgan fingerprint density at radius 3 is 2.30 bits per heavy atom. The fourth-order valence-electron chi connectivity index (χ4n) is 5.30. The Labute approximate surface area is 271 Å². The number of nitrogens with one attached hydrogen (secondary N) is 2. The van der Waals surface area contributed by atoms with Crippen LogP contribution in [0.25, 0.3) is 10.8 Å². The summed E-state index contributed by atoms with van der Waals surface area (Å²) >= 11 is 0. The van der Waals surface area contributed by atoms with Crippen molar-refractivity contribution in [3.63, 3.8) is 0 Å². The Bertz CT molecular complexity index is 1700. The van der Waals surface area contributed by atoms with Crippen molar-refractivity contribution in [2.45, 2.75) is 56.5 Å². The zero-order valence-corrected chi connectivity index (χ0v) is 27.1. The lowest BCUT2D eigenvalue weighted by molar-refractivity contribution is -0.122. The molecule has 1 heterocycles. The van der Waals surface area contributed by atoms with Crippen molar-refractivity contribution in [3.05, 3.63) is 102 Å². The summed E-state index contributed by atoms with van der Waals surface area (Å²) < 4.78 is 28.4. The zero-order chi connectivity index (χ0) is 33.1. The summed E-state index contributed by atoms with van der Waals surface area (Å²) in [5, 5.41) is 18.2. The highest BCUT2D eigenvalue weighted by Crippen LogP contribution is 2.23. The van der Waals surface area contributed by atoms with Gasteiger partial charge in [-0.2, -0.15) is 4.31 Å². The van der Waals surface area contributed by atoms with Gasteiger partial charge in [-0.25, -0.2) is 8.42 Å². The van der Waals surface area contributed by atoms with Crippen molar-refractivity contribution >= 4 is 38.3 Å². The third-order valence-corrected chi connectivity index (χ3v) is 9.66. The number of hydrogen-bond donors (Lipinski definition) is 4. The fourth-order valence-corrected chi connectivity index (χ4v) is 7.11. The van der Waals surface area contributed by atoms with E-state index in [1.165, 1.54) is 28.8 Å². The van der Waals surface area contributed by atoms with E-state index < -0.39 is 22.1 Å². The molecule has 46 heavy (non-hydrogen) atoms. The highest BCUT2D eigenvalue weighted by Gasteiger charge is 2.31. The highest BCUT2D eigenvalue weighted by molar-refractivity contribution is 7.89. The Balaban J connectivity index is 1.39. The van der Waals surface area contributed by atoms with Gasteiger partial charge in [-0.05, 0) is 71.5 Å². The van der Waals surface area contributed by atoms with E-state index in [0.717, 1.165) is 16.3 Å². The molecular weight excluding hydrogens is 602 g/mol. The summed E-state index contributed by atoms with van der Waals surface area (Å²) in [5.74, 6) is -0.651. The number of unbranched alkanes of at least 4 members (excludes halogenated alkanes) is 1. The van der Waals surface area contributed by atoms with Gasteiger partial charge in [0.2, 0.25) is 15.9 Å². The van der Waals surface area contributed by atoms with Gasteiger partial charge in [0.25, 0.3) is 5.91 Å². The van der Waals surface area contributed by atoms with Gasteiger partial charge < -0.3 is 21.5 Å². The normalized spacial score (nSPS) is 13.1. The molecule has 0 bridgehead atoms. The lowest BCUT2D eigenvalue weighted by Crippen LogP contribution is -2.48. The number of carbonyl (C=O) groups is 2. The smallest absolute Gasteiger partial charge is 0.252 e. The average molecular weight is 646 g/mol. The number of nitrogen functional groups attached to an aromatic ring is 1. The molecule has 4 rings (SSSR count). The molecule has 5 N–H and O–H groups in total. The molecule has 3 aromatic carbocycles. The number of rotatable bonds is 16. The van der Waals surface area contributed by atoms with Crippen LogP contribution in [0, 0.1) is 5.92 Å². The predicted molar refractivity (Wildman–Crippen MR) is 180 cm³/mol. The van der Waals surface area contributed by atoms with Crippen LogP contribution in [0.2, 0.25) is 0 Å². The van der Waals surface area contributed by atoms with Crippen molar-refractivity contribution in [1.82, 2.24) is 19.9 Å². The summed E-state index contributed by atoms with van der Waals surface area (Å²) in [6.45, 7) is 4.10. The molecule has 2 unspecified atom stereocenters. The molecule has 0 aliphatic carbocycles.